The van der Waals surface area contributed by atoms with Crippen molar-refractivity contribution in [2.24, 2.45) is 5.41 Å². The highest BCUT2D eigenvalue weighted by molar-refractivity contribution is 5.92. The fourth-order valence-electron chi connectivity index (χ4n) is 3.78. The van der Waals surface area contributed by atoms with Gasteiger partial charge in [-0.15, -0.1) is 0 Å². The monoisotopic (exact) mass is 286 g/mol. The number of hydrogen-bond donors (Lipinski definition) is 0. The molecule has 0 heterocycles. The predicted molar refractivity (Wildman–Crippen MR) is 84.8 cm³/mol. The van der Waals surface area contributed by atoms with Gasteiger partial charge in [-0.2, -0.15) is 0 Å². The van der Waals surface area contributed by atoms with Gasteiger partial charge in [-0.3, -0.25) is 4.79 Å². The molecule has 1 spiro atoms. The largest absolute Gasteiger partial charge is 0.489 e. The summed E-state index contributed by atoms with van der Waals surface area (Å²) in [5, 5.41) is 0. The highest BCUT2D eigenvalue weighted by Gasteiger charge is 2.57. The third-order valence-corrected chi connectivity index (χ3v) is 5.35. The van der Waals surface area contributed by atoms with Crippen molar-refractivity contribution in [3.8, 4) is 5.75 Å². The van der Waals surface area contributed by atoms with E-state index < -0.39 is 0 Å². The number of carbonyl (C=O) groups is 1. The number of rotatable bonds is 2. The first-order chi connectivity index (χ1) is 9.83. The maximum atomic E-state index is 12.0. The van der Waals surface area contributed by atoms with Crippen molar-refractivity contribution >= 4 is 5.78 Å². The van der Waals surface area contributed by atoms with E-state index in [4.69, 9.17) is 4.74 Å². The molecule has 2 fully saturated rings. The summed E-state index contributed by atoms with van der Waals surface area (Å²) >= 11 is 0. The standard InChI is InChI=1S/C19H26O2/c1-13-11-14(18(2,3)4)7-8-15(13)21-17-12-16(20)19(17)9-5-6-10-19/h7-8,11,17H,5-6,9-10,12H2,1-4H3. The summed E-state index contributed by atoms with van der Waals surface area (Å²) in [6.45, 7) is 8.77. The molecule has 0 radical (unpaired) electrons. The van der Waals surface area contributed by atoms with E-state index in [1.165, 1.54) is 24.0 Å². The second kappa shape index (κ2) is 4.86. The zero-order chi connectivity index (χ0) is 15.3. The van der Waals surface area contributed by atoms with Crippen molar-refractivity contribution in [3.63, 3.8) is 0 Å². The van der Waals surface area contributed by atoms with Gasteiger partial charge >= 0.3 is 0 Å². The Morgan fingerprint density at radius 1 is 1.19 bits per heavy atom. The van der Waals surface area contributed by atoms with Crippen LogP contribution in [-0.4, -0.2) is 11.9 Å². The minimum absolute atomic E-state index is 0.103. The van der Waals surface area contributed by atoms with Gasteiger partial charge in [0.2, 0.25) is 0 Å². The van der Waals surface area contributed by atoms with E-state index in [9.17, 15) is 4.79 Å². The summed E-state index contributed by atoms with van der Waals surface area (Å²) in [6.07, 6.45) is 5.10. The van der Waals surface area contributed by atoms with Gasteiger partial charge in [0.1, 0.15) is 17.6 Å². The molecule has 2 saturated carbocycles. The van der Waals surface area contributed by atoms with Crippen molar-refractivity contribution in [2.45, 2.75) is 71.3 Å². The van der Waals surface area contributed by atoms with E-state index in [1.807, 2.05) is 0 Å². The molecule has 0 N–H and O–H groups in total. The predicted octanol–water partition coefficient (Wildman–Crippen LogP) is 4.57. The van der Waals surface area contributed by atoms with Crippen LogP contribution in [0.4, 0.5) is 0 Å². The lowest BCUT2D eigenvalue weighted by atomic mass is 9.63. The van der Waals surface area contributed by atoms with Gasteiger partial charge in [-0.25, -0.2) is 0 Å². The highest BCUT2D eigenvalue weighted by atomic mass is 16.5. The van der Waals surface area contributed by atoms with Crippen LogP contribution in [0.15, 0.2) is 18.2 Å². The maximum absolute atomic E-state index is 12.0. The molecule has 0 aliphatic heterocycles. The van der Waals surface area contributed by atoms with Crippen LogP contribution in [0.3, 0.4) is 0 Å². The minimum Gasteiger partial charge on any atom is -0.489 e. The Hall–Kier alpha value is -1.31. The molecular weight excluding hydrogens is 260 g/mol. The number of aryl methyl sites for hydroxylation is 1. The highest BCUT2D eigenvalue weighted by Crippen LogP contribution is 2.52. The second-order valence-corrected chi connectivity index (χ2v) is 7.83. The van der Waals surface area contributed by atoms with Crippen LogP contribution in [0.5, 0.6) is 5.75 Å². The molecule has 1 aromatic rings. The van der Waals surface area contributed by atoms with Crippen LogP contribution in [0.1, 0.15) is 64.0 Å². The third kappa shape index (κ3) is 2.39. The fourth-order valence-corrected chi connectivity index (χ4v) is 3.78. The van der Waals surface area contributed by atoms with Crippen molar-refractivity contribution in [3.05, 3.63) is 29.3 Å². The Balaban J connectivity index is 1.78. The Bertz CT molecular complexity index is 559. The Morgan fingerprint density at radius 2 is 1.86 bits per heavy atom. The Kier molecular flexibility index (Phi) is 3.38. The van der Waals surface area contributed by atoms with Crippen LogP contribution in [0, 0.1) is 12.3 Å². The van der Waals surface area contributed by atoms with E-state index in [-0.39, 0.29) is 16.9 Å². The molecule has 114 valence electrons. The molecule has 0 aromatic heterocycles. The molecule has 3 rings (SSSR count). The number of ketones is 1. The molecule has 2 nitrogen and oxygen atoms in total. The molecular formula is C19H26O2. The number of Topliss-reactive ketones (excluding diaryl/α,β-unsaturated/α-hetero) is 1. The lowest BCUT2D eigenvalue weighted by Gasteiger charge is -2.45. The number of ether oxygens (including phenoxy) is 1. The van der Waals surface area contributed by atoms with Gasteiger partial charge in [-0.1, -0.05) is 45.7 Å². The molecule has 0 bridgehead atoms. The lowest BCUT2D eigenvalue weighted by molar-refractivity contribution is -0.151. The molecule has 1 atom stereocenters. The molecule has 2 heteroatoms. The summed E-state index contributed by atoms with van der Waals surface area (Å²) in [5.41, 5.74) is 2.51. The van der Waals surface area contributed by atoms with Crippen LogP contribution < -0.4 is 4.74 Å². The van der Waals surface area contributed by atoms with Crippen LogP contribution in [-0.2, 0) is 10.2 Å². The SMILES string of the molecule is Cc1cc(C(C)(C)C)ccc1OC1CC(=O)C12CCCC2. The number of hydrogen-bond acceptors (Lipinski definition) is 2. The van der Waals surface area contributed by atoms with Crippen LogP contribution >= 0.6 is 0 Å². The molecule has 0 amide bonds. The lowest BCUT2D eigenvalue weighted by Crippen LogP contribution is -2.55. The minimum atomic E-state index is -0.144. The third-order valence-electron chi connectivity index (χ3n) is 5.35. The van der Waals surface area contributed by atoms with Crippen molar-refractivity contribution in [2.75, 3.05) is 0 Å². The topological polar surface area (TPSA) is 26.3 Å². The molecule has 1 aromatic carbocycles. The van der Waals surface area contributed by atoms with E-state index in [0.29, 0.717) is 12.2 Å². The zero-order valence-corrected chi connectivity index (χ0v) is 13.7. The molecule has 2 aliphatic rings. The van der Waals surface area contributed by atoms with Crippen molar-refractivity contribution in [1.82, 2.24) is 0 Å². The van der Waals surface area contributed by atoms with Crippen LogP contribution in [0.25, 0.3) is 0 Å². The summed E-state index contributed by atoms with van der Waals surface area (Å²) in [4.78, 5) is 12.0. The number of benzene rings is 1. The van der Waals surface area contributed by atoms with Gasteiger partial charge in [0.25, 0.3) is 0 Å². The van der Waals surface area contributed by atoms with E-state index in [2.05, 4.69) is 45.9 Å². The van der Waals surface area contributed by atoms with Gasteiger partial charge < -0.3 is 4.74 Å². The first-order valence-electron chi connectivity index (χ1n) is 8.14. The molecule has 0 saturated heterocycles. The first kappa shape index (κ1) is 14.6. The van der Waals surface area contributed by atoms with Crippen molar-refractivity contribution < 1.29 is 9.53 Å². The zero-order valence-electron chi connectivity index (χ0n) is 13.7. The van der Waals surface area contributed by atoms with Crippen molar-refractivity contribution in [1.29, 1.82) is 0 Å². The van der Waals surface area contributed by atoms with Gasteiger partial charge in [0.05, 0.1) is 5.41 Å². The van der Waals surface area contributed by atoms with Crippen LogP contribution in [0.2, 0.25) is 0 Å². The molecule has 1 unspecified atom stereocenters. The Morgan fingerprint density at radius 3 is 2.38 bits per heavy atom. The van der Waals surface area contributed by atoms with E-state index >= 15 is 0 Å². The normalized spacial score (nSPS) is 24.2. The summed E-state index contributed by atoms with van der Waals surface area (Å²) < 4.78 is 6.24. The van der Waals surface area contributed by atoms with Gasteiger partial charge in [0, 0.05) is 6.42 Å². The maximum Gasteiger partial charge on any atom is 0.146 e. The fraction of sp³-hybridized carbons (Fsp3) is 0.632. The van der Waals surface area contributed by atoms with Gasteiger partial charge in [0.15, 0.2) is 0 Å². The first-order valence-corrected chi connectivity index (χ1v) is 8.14. The second-order valence-electron chi connectivity index (χ2n) is 7.83. The summed E-state index contributed by atoms with van der Waals surface area (Å²) in [7, 11) is 0. The van der Waals surface area contributed by atoms with E-state index in [0.717, 1.165) is 18.6 Å². The van der Waals surface area contributed by atoms with Gasteiger partial charge in [-0.05, 0) is 42.4 Å². The molecule has 21 heavy (non-hydrogen) atoms. The number of carbonyl (C=O) groups excluding carboxylic acids is 1. The average molecular weight is 286 g/mol. The summed E-state index contributed by atoms with van der Waals surface area (Å²) in [6, 6.07) is 6.46. The smallest absolute Gasteiger partial charge is 0.146 e. The quantitative estimate of drug-likeness (QED) is 0.796. The molecule has 2 aliphatic carbocycles. The van der Waals surface area contributed by atoms with E-state index in [1.54, 1.807) is 0 Å². The average Bonchev–Trinajstić information content (AvgIpc) is 2.91. The Labute approximate surface area is 127 Å². The summed E-state index contributed by atoms with van der Waals surface area (Å²) in [5.74, 6) is 1.38.